The van der Waals surface area contributed by atoms with Crippen molar-refractivity contribution in [2.24, 2.45) is 4.99 Å². The van der Waals surface area contributed by atoms with Crippen molar-refractivity contribution >= 4 is 11.8 Å². The van der Waals surface area contributed by atoms with E-state index in [4.69, 9.17) is 9.47 Å². The number of ether oxygens (including phenoxy) is 2. The van der Waals surface area contributed by atoms with E-state index < -0.39 is 29.3 Å². The van der Waals surface area contributed by atoms with Gasteiger partial charge in [0.15, 0.2) is 0 Å². The van der Waals surface area contributed by atoms with Crippen LogP contribution in [0.3, 0.4) is 0 Å². The van der Waals surface area contributed by atoms with Crippen LogP contribution in [0.5, 0.6) is 0 Å². The molecule has 0 bridgehead atoms. The van der Waals surface area contributed by atoms with Crippen LogP contribution in [-0.4, -0.2) is 66.5 Å². The van der Waals surface area contributed by atoms with Crippen LogP contribution >= 0.6 is 0 Å². The number of alkyl halides is 2. The van der Waals surface area contributed by atoms with Crippen molar-refractivity contribution in [3.05, 3.63) is 48.2 Å². The quantitative estimate of drug-likeness (QED) is 0.808. The fourth-order valence-electron chi connectivity index (χ4n) is 3.35. The molecule has 1 amide bonds. The van der Waals surface area contributed by atoms with Gasteiger partial charge in [-0.2, -0.15) is 8.78 Å². The van der Waals surface area contributed by atoms with Gasteiger partial charge < -0.3 is 19.7 Å². The van der Waals surface area contributed by atoms with Gasteiger partial charge in [-0.1, -0.05) is 30.3 Å². The second-order valence-corrected chi connectivity index (χ2v) is 8.18. The lowest BCUT2D eigenvalue weighted by Crippen LogP contribution is -2.64. The van der Waals surface area contributed by atoms with Gasteiger partial charge in [0.25, 0.3) is 0 Å². The van der Waals surface area contributed by atoms with E-state index in [0.29, 0.717) is 26.2 Å². The molecule has 0 spiro atoms. The van der Waals surface area contributed by atoms with Crippen molar-refractivity contribution < 1.29 is 23.0 Å². The van der Waals surface area contributed by atoms with E-state index in [1.54, 1.807) is 28.0 Å². The highest BCUT2D eigenvalue weighted by atomic mass is 19.3. The highest BCUT2D eigenvalue weighted by molar-refractivity contribution is 6.01. The number of allylic oxidation sites excluding steroid dienone is 1. The van der Waals surface area contributed by atoms with Crippen LogP contribution in [0, 0.1) is 0 Å². The first kappa shape index (κ1) is 22.2. The number of methoxy groups -OCH3 is 1. The summed E-state index contributed by atoms with van der Waals surface area (Å²) in [5, 5.41) is 2.96. The topological polar surface area (TPSA) is 66.4 Å². The second kappa shape index (κ2) is 8.31. The predicted molar refractivity (Wildman–Crippen MR) is 109 cm³/mol. The molecule has 3 rings (SSSR count). The number of nitrogens with one attached hydrogen (secondary N) is 1. The highest BCUT2D eigenvalue weighted by Gasteiger charge is 2.45. The summed E-state index contributed by atoms with van der Waals surface area (Å²) in [7, 11) is 1.41. The molecule has 1 N–H and O–H groups in total. The maximum Gasteiger partial charge on any atom is 0.410 e. The van der Waals surface area contributed by atoms with E-state index in [-0.39, 0.29) is 5.56 Å². The number of piperazine rings is 1. The molecule has 7 nitrogen and oxygen atoms in total. The molecule has 30 heavy (non-hydrogen) atoms. The van der Waals surface area contributed by atoms with Crippen molar-refractivity contribution in [1.29, 1.82) is 0 Å². The highest BCUT2D eigenvalue weighted by Crippen LogP contribution is 2.33. The fraction of sp³-hybridized carbons (Fsp3) is 0.524. The number of nitrogens with zero attached hydrogens (tertiary/aromatic N) is 3. The van der Waals surface area contributed by atoms with Gasteiger partial charge in [0.05, 0.1) is 0 Å². The van der Waals surface area contributed by atoms with E-state index >= 15 is 8.78 Å². The van der Waals surface area contributed by atoms with Crippen LogP contribution in [0.4, 0.5) is 13.6 Å². The van der Waals surface area contributed by atoms with Crippen LogP contribution in [0.25, 0.3) is 0 Å². The molecule has 2 aliphatic heterocycles. The summed E-state index contributed by atoms with van der Waals surface area (Å²) in [6.07, 6.45) is 2.27. The summed E-state index contributed by atoms with van der Waals surface area (Å²) in [5.41, 5.74) is -1.13. The summed E-state index contributed by atoms with van der Waals surface area (Å²) in [6, 6.07) is 7.55. The zero-order chi connectivity index (χ0) is 22.0. The molecule has 1 unspecified atom stereocenters. The van der Waals surface area contributed by atoms with Gasteiger partial charge in [-0.05, 0) is 26.8 Å². The minimum Gasteiger partial charge on any atom is -0.444 e. The standard InChI is InChI=1S/C21H28F2N4O3/c1-19(2,3)30-18(28)26-12-14-27(15-13-26)21(29-4)24-11-10-17(25-21)20(22,23)16-8-6-5-7-9-16/h5-11,24H,12-15H2,1-4H3. The van der Waals surface area contributed by atoms with E-state index in [1.165, 1.54) is 31.5 Å². The summed E-state index contributed by atoms with van der Waals surface area (Å²) in [4.78, 5) is 19.9. The Morgan fingerprint density at radius 3 is 2.33 bits per heavy atom. The minimum atomic E-state index is -3.28. The fourth-order valence-corrected chi connectivity index (χ4v) is 3.35. The molecule has 0 aliphatic carbocycles. The number of hydrogen-bond acceptors (Lipinski definition) is 6. The Morgan fingerprint density at radius 1 is 1.13 bits per heavy atom. The third kappa shape index (κ3) is 4.62. The van der Waals surface area contributed by atoms with Gasteiger partial charge >= 0.3 is 18.0 Å². The first-order valence-electron chi connectivity index (χ1n) is 9.83. The minimum absolute atomic E-state index is 0.143. The number of carbonyl (C=O) groups excluding carboxylic acids is 1. The number of hydrogen-bond donors (Lipinski definition) is 1. The number of rotatable bonds is 4. The molecule has 164 valence electrons. The monoisotopic (exact) mass is 422 g/mol. The van der Waals surface area contributed by atoms with Gasteiger partial charge in [0.1, 0.15) is 11.3 Å². The molecule has 1 aromatic carbocycles. The molecule has 0 saturated carbocycles. The Bertz CT molecular complexity index is 815. The Labute approximate surface area is 175 Å². The van der Waals surface area contributed by atoms with Gasteiger partial charge in [-0.15, -0.1) is 0 Å². The van der Waals surface area contributed by atoms with E-state index in [0.717, 1.165) is 0 Å². The SMILES string of the molecule is COC1(N2CCN(C(=O)OC(C)(C)C)CC2)N=C(C(F)(F)c2ccccc2)C=CN1. The van der Waals surface area contributed by atoms with Gasteiger partial charge in [-0.25, -0.2) is 14.7 Å². The lowest BCUT2D eigenvalue weighted by molar-refractivity contribution is -0.158. The van der Waals surface area contributed by atoms with Crippen LogP contribution in [0.1, 0.15) is 26.3 Å². The van der Waals surface area contributed by atoms with Gasteiger partial charge in [0.2, 0.25) is 0 Å². The summed E-state index contributed by atoms with van der Waals surface area (Å²) in [5.74, 6) is -4.75. The summed E-state index contributed by atoms with van der Waals surface area (Å²) in [6.45, 7) is 6.91. The Balaban J connectivity index is 1.76. The molecule has 2 aliphatic rings. The van der Waals surface area contributed by atoms with Gasteiger partial charge in [0, 0.05) is 45.1 Å². The van der Waals surface area contributed by atoms with Crippen molar-refractivity contribution in [3.8, 4) is 0 Å². The van der Waals surface area contributed by atoms with E-state index in [9.17, 15) is 4.79 Å². The number of halogens is 2. The lowest BCUT2D eigenvalue weighted by atomic mass is 10.0. The smallest absolute Gasteiger partial charge is 0.410 e. The normalized spacial score (nSPS) is 23.0. The molecule has 9 heteroatoms. The molecule has 0 aromatic heterocycles. The Hall–Kier alpha value is -2.52. The van der Waals surface area contributed by atoms with Crippen molar-refractivity contribution in [3.63, 3.8) is 0 Å². The van der Waals surface area contributed by atoms with Crippen LogP contribution in [0.2, 0.25) is 0 Å². The molecular weight excluding hydrogens is 394 g/mol. The predicted octanol–water partition coefficient (Wildman–Crippen LogP) is 3.15. The molecule has 0 radical (unpaired) electrons. The Morgan fingerprint density at radius 2 is 1.77 bits per heavy atom. The van der Waals surface area contributed by atoms with Gasteiger partial charge in [-0.3, -0.25) is 0 Å². The zero-order valence-corrected chi connectivity index (χ0v) is 17.7. The lowest BCUT2D eigenvalue weighted by Gasteiger charge is -2.45. The molecular formula is C21H28F2N4O3. The van der Waals surface area contributed by atoms with E-state index in [1.807, 2.05) is 20.8 Å². The van der Waals surface area contributed by atoms with E-state index in [2.05, 4.69) is 10.3 Å². The Kier molecular flexibility index (Phi) is 6.14. The second-order valence-electron chi connectivity index (χ2n) is 8.18. The summed E-state index contributed by atoms with van der Waals surface area (Å²) >= 11 is 0. The third-order valence-electron chi connectivity index (χ3n) is 4.89. The molecule has 1 aromatic rings. The average Bonchev–Trinajstić information content (AvgIpc) is 2.73. The van der Waals surface area contributed by atoms with Crippen molar-refractivity contribution in [1.82, 2.24) is 15.1 Å². The first-order chi connectivity index (χ1) is 14.1. The van der Waals surface area contributed by atoms with Crippen LogP contribution in [0.15, 0.2) is 47.6 Å². The molecule has 1 atom stereocenters. The number of aliphatic imine (C=N–C) groups is 1. The zero-order valence-electron chi connectivity index (χ0n) is 17.7. The largest absolute Gasteiger partial charge is 0.444 e. The number of benzene rings is 1. The first-order valence-corrected chi connectivity index (χ1v) is 9.83. The van der Waals surface area contributed by atoms with Crippen molar-refractivity contribution in [2.75, 3.05) is 33.3 Å². The number of carbonyl (C=O) groups is 1. The summed E-state index contributed by atoms with van der Waals surface area (Å²) < 4.78 is 41.1. The maximum absolute atomic E-state index is 15.1. The van der Waals surface area contributed by atoms with Crippen LogP contribution < -0.4 is 5.32 Å². The molecule has 1 fully saturated rings. The van der Waals surface area contributed by atoms with Crippen LogP contribution in [-0.2, 0) is 15.4 Å². The molecule has 1 saturated heterocycles. The average molecular weight is 422 g/mol. The molecule has 2 heterocycles. The number of amides is 1. The van der Waals surface area contributed by atoms with Crippen molar-refractivity contribution in [2.45, 2.75) is 38.3 Å². The third-order valence-corrected chi connectivity index (χ3v) is 4.89. The maximum atomic E-state index is 15.1.